The molecule has 6 rings (SSSR count). The number of rotatable bonds is 9. The number of benzene rings is 4. The molecule has 0 aromatic heterocycles. The van der Waals surface area contributed by atoms with Crippen molar-refractivity contribution in [1.82, 2.24) is 25.1 Å². The highest BCUT2D eigenvalue weighted by Crippen LogP contribution is 2.31. The van der Waals surface area contributed by atoms with Gasteiger partial charge in [0, 0.05) is 19.5 Å². The van der Waals surface area contributed by atoms with Gasteiger partial charge >= 0.3 is 6.03 Å². The van der Waals surface area contributed by atoms with Gasteiger partial charge in [0.2, 0.25) is 11.8 Å². The van der Waals surface area contributed by atoms with Gasteiger partial charge in [0.1, 0.15) is 18.0 Å². The number of hydrazine groups is 1. The summed E-state index contributed by atoms with van der Waals surface area (Å²) in [5.41, 5.74) is 2.78. The second-order valence-corrected chi connectivity index (χ2v) is 11.1. The van der Waals surface area contributed by atoms with Crippen molar-refractivity contribution < 1.29 is 19.5 Å². The van der Waals surface area contributed by atoms with Crippen molar-refractivity contribution in [3.8, 4) is 5.75 Å². The molecule has 2 atom stereocenters. The summed E-state index contributed by atoms with van der Waals surface area (Å²) in [7, 11) is 0. The standard InChI is InChI=1S/C35H35N5O4/c1-2-19-38(35(44)36-21-26-9-4-3-5-10-26)39-24-33(42)40-31(20-25-15-17-29(41)18-16-25)34(43)37(23-32(39)40)22-28-13-8-12-27-11-6-7-14-30(27)28/h2-18,31-32,41H,1,19-24H2,(H,36,44)/t31-,32+/m0/s1. The largest absolute Gasteiger partial charge is 0.508 e. The number of hydrogen-bond acceptors (Lipinski definition) is 5. The predicted octanol–water partition coefficient (Wildman–Crippen LogP) is 4.28. The number of hydrogen-bond donors (Lipinski definition) is 2. The SMILES string of the molecule is C=CCN(C(=O)NCc1ccccc1)N1CC(=O)N2[C@@H](Cc3ccc(O)cc3)C(=O)N(Cc3cccc4ccccc34)C[C@@H]21. The van der Waals surface area contributed by atoms with Crippen LogP contribution in [-0.2, 0) is 29.1 Å². The number of carbonyl (C=O) groups excluding carboxylic acids is 3. The molecule has 2 fully saturated rings. The molecule has 4 amide bonds. The molecule has 9 heteroatoms. The number of urea groups is 1. The smallest absolute Gasteiger partial charge is 0.332 e. The number of nitrogens with zero attached hydrogens (tertiary/aromatic N) is 4. The van der Waals surface area contributed by atoms with E-state index < -0.39 is 12.2 Å². The monoisotopic (exact) mass is 589 g/mol. The molecule has 44 heavy (non-hydrogen) atoms. The third-order valence-electron chi connectivity index (χ3n) is 8.31. The number of carbonyl (C=O) groups is 3. The molecule has 9 nitrogen and oxygen atoms in total. The van der Waals surface area contributed by atoms with Crippen LogP contribution < -0.4 is 5.32 Å². The topological polar surface area (TPSA) is 96.4 Å². The molecule has 2 heterocycles. The first kappa shape index (κ1) is 28.9. The summed E-state index contributed by atoms with van der Waals surface area (Å²) in [5, 5.41) is 18.2. The Balaban J connectivity index is 1.32. The van der Waals surface area contributed by atoms with Crippen LogP contribution >= 0.6 is 0 Å². The zero-order valence-electron chi connectivity index (χ0n) is 24.4. The number of aromatic hydroxyl groups is 1. The average molecular weight is 590 g/mol. The van der Waals surface area contributed by atoms with Gasteiger partial charge in [-0.05, 0) is 39.6 Å². The molecule has 0 saturated carbocycles. The third kappa shape index (κ3) is 5.87. The maximum Gasteiger partial charge on any atom is 0.332 e. The van der Waals surface area contributed by atoms with Crippen molar-refractivity contribution in [3.63, 3.8) is 0 Å². The molecule has 224 valence electrons. The van der Waals surface area contributed by atoms with Crippen molar-refractivity contribution in [3.05, 3.63) is 126 Å². The summed E-state index contributed by atoms with van der Waals surface area (Å²) in [4.78, 5) is 44.8. The lowest BCUT2D eigenvalue weighted by Crippen LogP contribution is -2.66. The van der Waals surface area contributed by atoms with E-state index in [9.17, 15) is 19.5 Å². The van der Waals surface area contributed by atoms with Gasteiger partial charge in [0.15, 0.2) is 0 Å². The van der Waals surface area contributed by atoms with Crippen LogP contribution in [0.3, 0.4) is 0 Å². The first-order chi connectivity index (χ1) is 21.4. The minimum Gasteiger partial charge on any atom is -0.508 e. The van der Waals surface area contributed by atoms with E-state index >= 15 is 0 Å². The fourth-order valence-electron chi connectivity index (χ4n) is 6.17. The molecule has 2 aliphatic heterocycles. The van der Waals surface area contributed by atoms with Crippen molar-refractivity contribution in [2.75, 3.05) is 19.6 Å². The third-order valence-corrected chi connectivity index (χ3v) is 8.31. The Kier molecular flexibility index (Phi) is 8.29. The van der Waals surface area contributed by atoms with Crippen LogP contribution in [0, 0.1) is 0 Å². The van der Waals surface area contributed by atoms with Crippen LogP contribution in [0.2, 0.25) is 0 Å². The lowest BCUT2D eigenvalue weighted by atomic mass is 9.99. The maximum atomic E-state index is 14.2. The lowest BCUT2D eigenvalue weighted by Gasteiger charge is -2.46. The maximum absolute atomic E-state index is 14.2. The van der Waals surface area contributed by atoms with Crippen LogP contribution in [0.4, 0.5) is 4.79 Å². The fraction of sp³-hybridized carbons (Fsp3) is 0.229. The van der Waals surface area contributed by atoms with E-state index in [1.807, 2.05) is 72.8 Å². The Hall–Kier alpha value is -5.15. The van der Waals surface area contributed by atoms with Gasteiger partial charge in [-0.15, -0.1) is 6.58 Å². The van der Waals surface area contributed by atoms with Gasteiger partial charge in [-0.2, -0.15) is 5.01 Å². The second-order valence-electron chi connectivity index (χ2n) is 11.1. The zero-order valence-corrected chi connectivity index (χ0v) is 24.4. The highest BCUT2D eigenvalue weighted by atomic mass is 16.3. The first-order valence-corrected chi connectivity index (χ1v) is 14.7. The summed E-state index contributed by atoms with van der Waals surface area (Å²) in [6, 6.07) is 29.3. The average Bonchev–Trinajstić information content (AvgIpc) is 3.37. The first-order valence-electron chi connectivity index (χ1n) is 14.7. The predicted molar refractivity (Wildman–Crippen MR) is 168 cm³/mol. The van der Waals surface area contributed by atoms with Gasteiger partial charge in [-0.1, -0.05) is 91.0 Å². The summed E-state index contributed by atoms with van der Waals surface area (Å²) in [5.74, 6) is -0.243. The fourth-order valence-corrected chi connectivity index (χ4v) is 6.17. The van der Waals surface area contributed by atoms with Crippen molar-refractivity contribution in [1.29, 1.82) is 0 Å². The minimum atomic E-state index is -0.774. The van der Waals surface area contributed by atoms with Gasteiger partial charge in [0.05, 0.1) is 19.6 Å². The molecule has 0 bridgehead atoms. The van der Waals surface area contributed by atoms with Gasteiger partial charge in [-0.3, -0.25) is 14.6 Å². The van der Waals surface area contributed by atoms with E-state index in [1.54, 1.807) is 45.2 Å². The number of fused-ring (bicyclic) bond motifs is 2. The normalized spacial score (nSPS) is 18.4. The van der Waals surface area contributed by atoms with Crippen LogP contribution in [0.25, 0.3) is 10.8 Å². The van der Waals surface area contributed by atoms with Crippen LogP contribution in [0.5, 0.6) is 5.75 Å². The summed E-state index contributed by atoms with van der Waals surface area (Å²) in [6.07, 6.45) is 1.35. The Morgan fingerprint density at radius 1 is 0.932 bits per heavy atom. The van der Waals surface area contributed by atoms with Crippen LogP contribution in [0.1, 0.15) is 16.7 Å². The van der Waals surface area contributed by atoms with Crippen molar-refractivity contribution in [2.24, 2.45) is 0 Å². The van der Waals surface area contributed by atoms with E-state index in [-0.39, 0.29) is 49.7 Å². The molecule has 2 aliphatic rings. The Morgan fingerprint density at radius 3 is 2.43 bits per heavy atom. The molecule has 4 aromatic carbocycles. The number of nitrogens with one attached hydrogen (secondary N) is 1. The van der Waals surface area contributed by atoms with E-state index in [0.29, 0.717) is 13.1 Å². The van der Waals surface area contributed by atoms with Crippen LogP contribution in [-0.4, -0.2) is 74.6 Å². The highest BCUT2D eigenvalue weighted by Gasteiger charge is 2.52. The molecule has 2 saturated heterocycles. The Bertz CT molecular complexity index is 1670. The number of piperazine rings is 1. The molecule has 0 spiro atoms. The molecule has 4 aromatic rings. The van der Waals surface area contributed by atoms with Gasteiger partial charge < -0.3 is 20.2 Å². The molecule has 0 aliphatic carbocycles. The number of amides is 4. The van der Waals surface area contributed by atoms with Gasteiger partial charge in [0.25, 0.3) is 0 Å². The van der Waals surface area contributed by atoms with E-state index in [2.05, 4.69) is 11.9 Å². The lowest BCUT2D eigenvalue weighted by molar-refractivity contribution is -0.157. The second kappa shape index (κ2) is 12.6. The Morgan fingerprint density at radius 2 is 1.66 bits per heavy atom. The van der Waals surface area contributed by atoms with Crippen molar-refractivity contribution >= 4 is 28.6 Å². The molecule has 0 radical (unpaired) electrons. The van der Waals surface area contributed by atoms with E-state index in [1.165, 1.54) is 5.01 Å². The molecular formula is C35H35N5O4. The minimum absolute atomic E-state index is 0.0429. The highest BCUT2D eigenvalue weighted by molar-refractivity contribution is 5.92. The number of phenolic OH excluding ortho intramolecular Hbond substituents is 1. The number of phenols is 1. The van der Waals surface area contributed by atoms with E-state index in [4.69, 9.17) is 0 Å². The van der Waals surface area contributed by atoms with Gasteiger partial charge in [-0.25, -0.2) is 4.79 Å². The summed E-state index contributed by atoms with van der Waals surface area (Å²) < 4.78 is 0. The van der Waals surface area contributed by atoms with E-state index in [0.717, 1.165) is 27.5 Å². The molecule has 0 unspecified atom stereocenters. The van der Waals surface area contributed by atoms with Crippen LogP contribution in [0.15, 0.2) is 110 Å². The Labute approximate surface area is 256 Å². The summed E-state index contributed by atoms with van der Waals surface area (Å²) >= 11 is 0. The molecular weight excluding hydrogens is 554 g/mol. The quantitative estimate of drug-likeness (QED) is 0.284. The summed E-state index contributed by atoms with van der Waals surface area (Å²) in [6.45, 7) is 4.93. The zero-order chi connectivity index (χ0) is 30.6. The van der Waals surface area contributed by atoms with Crippen molar-refractivity contribution in [2.45, 2.75) is 31.7 Å². The molecule has 2 N–H and O–H groups in total.